The molecule has 1 fully saturated rings. The predicted octanol–water partition coefficient (Wildman–Crippen LogP) is 2.72. The molecule has 2 unspecified atom stereocenters. The van der Waals surface area contributed by atoms with Crippen LogP contribution in [0.3, 0.4) is 0 Å². The molecule has 2 N–H and O–H groups in total. The average molecular weight is 299 g/mol. The van der Waals surface area contributed by atoms with Crippen LogP contribution in [-0.2, 0) is 4.74 Å². The highest BCUT2D eigenvalue weighted by molar-refractivity contribution is 5.89. The number of ether oxygens (including phenoxy) is 1. The number of esters is 1. The van der Waals surface area contributed by atoms with Gasteiger partial charge in [-0.3, -0.25) is 0 Å². The number of nitrogens with two attached hydrogens (primary N) is 1. The number of nitrogen functional groups attached to an aromatic ring is 1. The zero-order chi connectivity index (χ0) is 13.8. The first kappa shape index (κ1) is 16.8. The van der Waals surface area contributed by atoms with Gasteiger partial charge in [-0.2, -0.15) is 0 Å². The fraction of sp³-hybridized carbons (Fsp3) is 0.533. The second-order valence-corrected chi connectivity index (χ2v) is 5.43. The van der Waals surface area contributed by atoms with Gasteiger partial charge in [0.1, 0.15) is 6.10 Å². The number of anilines is 1. The van der Waals surface area contributed by atoms with Gasteiger partial charge in [-0.05, 0) is 64.0 Å². The summed E-state index contributed by atoms with van der Waals surface area (Å²) >= 11 is 0. The van der Waals surface area contributed by atoms with E-state index in [1.807, 2.05) is 0 Å². The van der Waals surface area contributed by atoms with Crippen LogP contribution in [0.25, 0.3) is 0 Å². The predicted molar refractivity (Wildman–Crippen MR) is 83.2 cm³/mol. The zero-order valence-electron chi connectivity index (χ0n) is 12.0. The number of hydrogen-bond acceptors (Lipinski definition) is 4. The van der Waals surface area contributed by atoms with Crippen molar-refractivity contribution in [3.8, 4) is 0 Å². The van der Waals surface area contributed by atoms with Gasteiger partial charge in [-0.1, -0.05) is 0 Å². The molecule has 2 rings (SSSR count). The monoisotopic (exact) mass is 298 g/mol. The first-order valence-electron chi connectivity index (χ1n) is 6.79. The lowest BCUT2D eigenvalue weighted by Gasteiger charge is -2.32. The molecule has 0 bridgehead atoms. The van der Waals surface area contributed by atoms with Gasteiger partial charge in [0.25, 0.3) is 0 Å². The molecule has 1 aliphatic rings. The maximum absolute atomic E-state index is 12.0. The average Bonchev–Trinajstić information content (AvgIpc) is 2.39. The van der Waals surface area contributed by atoms with E-state index in [1.165, 1.54) is 6.42 Å². The molecule has 0 radical (unpaired) electrons. The van der Waals surface area contributed by atoms with Crippen LogP contribution in [0.4, 0.5) is 5.69 Å². The molecule has 1 saturated carbocycles. The molecule has 0 saturated heterocycles. The molecule has 20 heavy (non-hydrogen) atoms. The maximum Gasteiger partial charge on any atom is 0.338 e. The number of hydrogen-bond donors (Lipinski definition) is 1. The zero-order valence-corrected chi connectivity index (χ0v) is 12.9. The summed E-state index contributed by atoms with van der Waals surface area (Å²) in [7, 11) is 4.16. The van der Waals surface area contributed by atoms with E-state index in [-0.39, 0.29) is 24.5 Å². The van der Waals surface area contributed by atoms with Crippen LogP contribution in [0.15, 0.2) is 24.3 Å². The quantitative estimate of drug-likeness (QED) is 0.688. The Morgan fingerprint density at radius 3 is 2.50 bits per heavy atom. The van der Waals surface area contributed by atoms with Crippen LogP contribution in [-0.4, -0.2) is 37.1 Å². The van der Waals surface area contributed by atoms with E-state index in [1.54, 1.807) is 24.3 Å². The highest BCUT2D eigenvalue weighted by Gasteiger charge is 2.26. The van der Waals surface area contributed by atoms with Crippen molar-refractivity contribution in [2.45, 2.75) is 37.8 Å². The van der Waals surface area contributed by atoms with E-state index in [9.17, 15) is 4.79 Å². The van der Waals surface area contributed by atoms with Crippen molar-refractivity contribution in [3.05, 3.63) is 29.8 Å². The lowest BCUT2D eigenvalue weighted by molar-refractivity contribution is 0.0107. The summed E-state index contributed by atoms with van der Waals surface area (Å²) in [5.41, 5.74) is 6.83. The molecule has 0 aliphatic heterocycles. The first-order chi connectivity index (χ1) is 9.06. The summed E-state index contributed by atoms with van der Waals surface area (Å²) in [4.78, 5) is 14.2. The van der Waals surface area contributed by atoms with Gasteiger partial charge < -0.3 is 15.4 Å². The molecule has 2 atom stereocenters. The minimum absolute atomic E-state index is 0. The molecular formula is C15H23ClN2O2. The molecule has 5 heteroatoms. The number of rotatable bonds is 3. The highest BCUT2D eigenvalue weighted by Crippen LogP contribution is 2.24. The van der Waals surface area contributed by atoms with Crippen LogP contribution in [0.2, 0.25) is 0 Å². The summed E-state index contributed by atoms with van der Waals surface area (Å²) in [5, 5.41) is 0. The number of carbonyl (C=O) groups is 1. The molecule has 112 valence electrons. The largest absolute Gasteiger partial charge is 0.459 e. The summed E-state index contributed by atoms with van der Waals surface area (Å²) in [5.74, 6) is -0.246. The molecule has 4 nitrogen and oxygen atoms in total. The van der Waals surface area contributed by atoms with E-state index in [2.05, 4.69) is 19.0 Å². The Labute approximate surface area is 126 Å². The minimum atomic E-state index is -0.246. The summed E-state index contributed by atoms with van der Waals surface area (Å²) < 4.78 is 5.59. The molecule has 0 aromatic heterocycles. The van der Waals surface area contributed by atoms with Gasteiger partial charge in [0.2, 0.25) is 0 Å². The van der Waals surface area contributed by atoms with E-state index < -0.39 is 0 Å². The van der Waals surface area contributed by atoms with E-state index in [0.29, 0.717) is 17.3 Å². The Balaban J connectivity index is 0.00000200. The second kappa shape index (κ2) is 7.50. The normalized spacial score (nSPS) is 22.1. The lowest BCUT2D eigenvalue weighted by atomic mass is 9.92. The highest BCUT2D eigenvalue weighted by atomic mass is 35.5. The second-order valence-electron chi connectivity index (χ2n) is 5.43. The van der Waals surface area contributed by atoms with Crippen LogP contribution in [0.1, 0.15) is 36.0 Å². The van der Waals surface area contributed by atoms with Crippen molar-refractivity contribution < 1.29 is 9.53 Å². The molecule has 1 aromatic rings. The van der Waals surface area contributed by atoms with Crippen LogP contribution in [0.5, 0.6) is 0 Å². The number of benzene rings is 1. The molecule has 0 spiro atoms. The third-order valence-electron chi connectivity index (χ3n) is 3.75. The molecular weight excluding hydrogens is 276 g/mol. The molecule has 1 aromatic carbocycles. The summed E-state index contributed by atoms with van der Waals surface area (Å²) in [6, 6.07) is 7.38. The minimum Gasteiger partial charge on any atom is -0.459 e. The fourth-order valence-corrected chi connectivity index (χ4v) is 2.53. The third kappa shape index (κ3) is 4.39. The SMILES string of the molecule is CN(C)C1CCCC(OC(=O)c2ccc(N)cc2)C1.Cl. The fourth-order valence-electron chi connectivity index (χ4n) is 2.53. The van der Waals surface area contributed by atoms with E-state index >= 15 is 0 Å². The summed E-state index contributed by atoms with van der Waals surface area (Å²) in [6.45, 7) is 0. The van der Waals surface area contributed by atoms with Crippen molar-refractivity contribution in [1.82, 2.24) is 4.90 Å². The van der Waals surface area contributed by atoms with Gasteiger partial charge in [-0.25, -0.2) is 4.79 Å². The van der Waals surface area contributed by atoms with Crippen molar-refractivity contribution in [1.29, 1.82) is 0 Å². The molecule has 0 amide bonds. The van der Waals surface area contributed by atoms with Gasteiger partial charge in [0.05, 0.1) is 5.56 Å². The van der Waals surface area contributed by atoms with Crippen molar-refractivity contribution in [2.24, 2.45) is 0 Å². The van der Waals surface area contributed by atoms with Crippen molar-refractivity contribution in [3.63, 3.8) is 0 Å². The smallest absolute Gasteiger partial charge is 0.338 e. The Kier molecular flexibility index (Phi) is 6.30. The Bertz CT molecular complexity index is 434. The van der Waals surface area contributed by atoms with Crippen molar-refractivity contribution >= 4 is 24.1 Å². The molecule has 1 aliphatic carbocycles. The van der Waals surface area contributed by atoms with Crippen molar-refractivity contribution in [2.75, 3.05) is 19.8 Å². The lowest BCUT2D eigenvalue weighted by Crippen LogP contribution is -2.37. The van der Waals surface area contributed by atoms with Gasteiger partial charge in [0.15, 0.2) is 0 Å². The van der Waals surface area contributed by atoms with E-state index in [4.69, 9.17) is 10.5 Å². The summed E-state index contributed by atoms with van der Waals surface area (Å²) in [6.07, 6.45) is 4.22. The molecule has 0 heterocycles. The van der Waals surface area contributed by atoms with Crippen LogP contribution < -0.4 is 5.73 Å². The maximum atomic E-state index is 12.0. The number of carbonyl (C=O) groups excluding carboxylic acids is 1. The van der Waals surface area contributed by atoms with E-state index in [0.717, 1.165) is 19.3 Å². The Hall–Kier alpha value is -1.26. The van der Waals surface area contributed by atoms with Gasteiger partial charge >= 0.3 is 5.97 Å². The van der Waals surface area contributed by atoms with Gasteiger partial charge in [-0.15, -0.1) is 12.4 Å². The third-order valence-corrected chi connectivity index (χ3v) is 3.75. The standard InChI is InChI=1S/C15H22N2O2.ClH/c1-17(2)13-4-3-5-14(10-13)19-15(18)11-6-8-12(16)9-7-11;/h6-9,13-14H,3-5,10,16H2,1-2H3;1H. The Morgan fingerprint density at radius 1 is 1.25 bits per heavy atom. The topological polar surface area (TPSA) is 55.6 Å². The van der Waals surface area contributed by atoms with Crippen LogP contribution >= 0.6 is 12.4 Å². The number of nitrogens with zero attached hydrogens (tertiary/aromatic N) is 1. The number of halogens is 1. The Morgan fingerprint density at radius 2 is 1.90 bits per heavy atom. The first-order valence-corrected chi connectivity index (χ1v) is 6.79. The van der Waals surface area contributed by atoms with Gasteiger partial charge in [0, 0.05) is 11.7 Å². The van der Waals surface area contributed by atoms with Crippen LogP contribution in [0, 0.1) is 0 Å².